The molecule has 2 heteroatoms. The Balaban J connectivity index is 0.00000180. The van der Waals surface area contributed by atoms with Gasteiger partial charge < -0.3 is 0 Å². The predicted octanol–water partition coefficient (Wildman–Crippen LogP) is 5.49. The number of rotatable bonds is 2. The molecular weight excluding hydrogens is 331 g/mol. The Kier molecular flexibility index (Phi) is 5.96. The molecule has 0 amide bonds. The van der Waals surface area contributed by atoms with Crippen LogP contribution in [0, 0.1) is 0 Å². The van der Waals surface area contributed by atoms with Crippen LogP contribution >= 0.6 is 12.4 Å². The Morgan fingerprint density at radius 2 is 1.21 bits per heavy atom. The van der Waals surface area contributed by atoms with Gasteiger partial charge in [-0.15, -0.1) is 12.4 Å². The third-order valence-electron chi connectivity index (χ3n) is 3.89. The minimum absolute atomic E-state index is 0. The van der Waals surface area contributed by atoms with Crippen LogP contribution in [0.1, 0.15) is 54.4 Å². The van der Waals surface area contributed by atoms with E-state index < -0.39 is 21.3 Å². The molecule has 0 aromatic rings. The van der Waals surface area contributed by atoms with E-state index in [-0.39, 0.29) is 12.4 Å². The molecule has 0 fully saturated rings. The summed E-state index contributed by atoms with van der Waals surface area (Å²) >= 11 is -1.70. The summed E-state index contributed by atoms with van der Waals surface area (Å²) in [6, 6.07) is 0. The summed E-state index contributed by atoms with van der Waals surface area (Å²) in [5, 5.41) is 0. The molecule has 19 heavy (non-hydrogen) atoms. The summed E-state index contributed by atoms with van der Waals surface area (Å²) in [5.74, 6) is 0. The fourth-order valence-corrected chi connectivity index (χ4v) is 11.6. The summed E-state index contributed by atoms with van der Waals surface area (Å²) in [6.45, 7) is 13.9. The fourth-order valence-electron chi connectivity index (χ4n) is 3.21. The van der Waals surface area contributed by atoms with Crippen LogP contribution in [-0.2, 0) is 21.3 Å². The van der Waals surface area contributed by atoms with Crippen LogP contribution in [0.25, 0.3) is 0 Å². The largest absolute Gasteiger partial charge is 0.147 e. The van der Waals surface area contributed by atoms with E-state index in [4.69, 9.17) is 0 Å². The monoisotopic (exact) mass is 354 g/mol. The third kappa shape index (κ3) is 3.56. The van der Waals surface area contributed by atoms with E-state index in [9.17, 15) is 0 Å². The van der Waals surface area contributed by atoms with Gasteiger partial charge in [-0.05, 0) is 0 Å². The molecule has 0 bridgehead atoms. The van der Waals surface area contributed by atoms with E-state index in [0.29, 0.717) is 0 Å². The first kappa shape index (κ1) is 17.1. The molecule has 0 atom stereocenters. The van der Waals surface area contributed by atoms with E-state index in [1.165, 1.54) is 12.8 Å². The summed E-state index contributed by atoms with van der Waals surface area (Å²) in [7, 11) is 0. The van der Waals surface area contributed by atoms with E-state index in [1.54, 1.807) is 25.5 Å². The van der Waals surface area contributed by atoms with Gasteiger partial charge in [0.15, 0.2) is 0 Å². The van der Waals surface area contributed by atoms with Crippen LogP contribution in [0.15, 0.2) is 41.0 Å². The third-order valence-corrected chi connectivity index (χ3v) is 12.1. The second-order valence-electron chi connectivity index (χ2n) is 6.03. The van der Waals surface area contributed by atoms with Crippen molar-refractivity contribution in [2.45, 2.75) is 54.4 Å². The van der Waals surface area contributed by atoms with Gasteiger partial charge in [0.1, 0.15) is 0 Å². The maximum Gasteiger partial charge on any atom is -0.147 e. The van der Waals surface area contributed by atoms with E-state index >= 15 is 0 Å². The maximum absolute atomic E-state index is 2.41. The van der Waals surface area contributed by atoms with Crippen molar-refractivity contribution in [3.8, 4) is 0 Å². The van der Waals surface area contributed by atoms with Gasteiger partial charge in [0.05, 0.1) is 0 Å². The number of hydrogen-bond acceptors (Lipinski definition) is 0. The smallest absolute Gasteiger partial charge is 0.147 e. The standard InChI is InChI=1S/2C7H9.C3H6.ClH.Zr/c2*1-6-3-4-7(2)5-6;1-3-2;;/h2*5H,3H2,1-2H3;1-2H3;1H;. The first-order valence-corrected chi connectivity index (χ1v) is 10.5. The average Bonchev–Trinajstić information content (AvgIpc) is 2.71. The van der Waals surface area contributed by atoms with Crippen LogP contribution < -0.4 is 0 Å². The molecule has 104 valence electrons. The second-order valence-corrected chi connectivity index (χ2v) is 13.3. The summed E-state index contributed by atoms with van der Waals surface area (Å²) in [6.07, 6.45) is 7.32. The van der Waals surface area contributed by atoms with Crippen LogP contribution in [0.5, 0.6) is 0 Å². The molecule has 0 heterocycles. The molecule has 0 saturated heterocycles. The van der Waals surface area contributed by atoms with Crippen molar-refractivity contribution in [2.24, 2.45) is 0 Å². The molecular formula is C17H25ClZr. The van der Waals surface area contributed by atoms with Crippen molar-refractivity contribution in [1.82, 2.24) is 0 Å². The number of halogens is 1. The first-order valence-electron chi connectivity index (χ1n) is 6.82. The van der Waals surface area contributed by atoms with Crippen molar-refractivity contribution in [1.29, 1.82) is 0 Å². The topological polar surface area (TPSA) is 0 Å². The number of allylic oxidation sites excluding steroid dienone is 8. The molecule has 2 aliphatic rings. The molecule has 0 aromatic heterocycles. The Hall–Kier alpha value is 0.00312. The average molecular weight is 356 g/mol. The zero-order valence-electron chi connectivity index (χ0n) is 13.0. The SMILES string of the molecule is CC1=CC(C)=[C]([Zr]([C]2=C(C)C=C(C)C2)=[C](C)C)C1.Cl. The zero-order chi connectivity index (χ0) is 13.4. The molecule has 0 nitrogen and oxygen atoms in total. The Labute approximate surface area is 131 Å². The molecule has 2 aliphatic carbocycles. The second kappa shape index (κ2) is 6.64. The van der Waals surface area contributed by atoms with Gasteiger partial charge in [-0.3, -0.25) is 0 Å². The molecule has 0 saturated carbocycles. The summed E-state index contributed by atoms with van der Waals surface area (Å²) < 4.78 is 5.38. The molecule has 2 rings (SSSR count). The number of hydrogen-bond donors (Lipinski definition) is 0. The van der Waals surface area contributed by atoms with Gasteiger partial charge in [-0.2, -0.15) is 0 Å². The van der Waals surface area contributed by atoms with Gasteiger partial charge in [0.2, 0.25) is 0 Å². The zero-order valence-corrected chi connectivity index (χ0v) is 16.3. The molecule has 0 aromatic carbocycles. The van der Waals surface area contributed by atoms with Gasteiger partial charge >= 0.3 is 120 Å². The molecule has 0 spiro atoms. The minimum atomic E-state index is -1.70. The van der Waals surface area contributed by atoms with E-state index in [0.717, 1.165) is 0 Å². The fraction of sp³-hybridized carbons (Fsp3) is 0.471. The quantitative estimate of drug-likeness (QED) is 0.614. The molecule has 0 radical (unpaired) electrons. The van der Waals surface area contributed by atoms with Gasteiger partial charge in [0.25, 0.3) is 0 Å². The van der Waals surface area contributed by atoms with Crippen LogP contribution in [0.3, 0.4) is 0 Å². The Morgan fingerprint density at radius 1 is 0.842 bits per heavy atom. The minimum Gasteiger partial charge on any atom is -0.147 e. The van der Waals surface area contributed by atoms with Crippen molar-refractivity contribution >= 4 is 15.6 Å². The van der Waals surface area contributed by atoms with Crippen molar-refractivity contribution in [3.63, 3.8) is 0 Å². The van der Waals surface area contributed by atoms with Crippen LogP contribution in [0.2, 0.25) is 0 Å². The normalized spacial score (nSPS) is 18.4. The Bertz CT molecular complexity index is 506. The van der Waals surface area contributed by atoms with Crippen LogP contribution in [-0.4, -0.2) is 3.21 Å². The summed E-state index contributed by atoms with van der Waals surface area (Å²) in [5.41, 5.74) is 6.27. The molecule has 0 unspecified atom stereocenters. The van der Waals surface area contributed by atoms with Crippen molar-refractivity contribution < 1.29 is 21.3 Å². The molecule has 0 N–H and O–H groups in total. The Morgan fingerprint density at radius 3 is 1.42 bits per heavy atom. The summed E-state index contributed by atoms with van der Waals surface area (Å²) in [4.78, 5) is 0. The van der Waals surface area contributed by atoms with E-state index in [1.807, 2.05) is 6.56 Å². The van der Waals surface area contributed by atoms with Crippen molar-refractivity contribution in [2.75, 3.05) is 0 Å². The predicted molar refractivity (Wildman–Crippen MR) is 85.8 cm³/mol. The van der Waals surface area contributed by atoms with Gasteiger partial charge in [0, 0.05) is 0 Å². The van der Waals surface area contributed by atoms with Gasteiger partial charge in [-0.25, -0.2) is 0 Å². The van der Waals surface area contributed by atoms with Crippen LogP contribution in [0.4, 0.5) is 0 Å². The molecule has 0 aliphatic heterocycles. The van der Waals surface area contributed by atoms with E-state index in [2.05, 4.69) is 53.7 Å². The van der Waals surface area contributed by atoms with Gasteiger partial charge in [-0.1, -0.05) is 0 Å². The van der Waals surface area contributed by atoms with Crippen molar-refractivity contribution in [3.05, 3.63) is 41.0 Å². The first-order chi connectivity index (χ1) is 8.40. The maximum atomic E-state index is 2.41.